The highest BCUT2D eigenvalue weighted by Crippen LogP contribution is 2.42. The number of rotatable bonds is 8. The predicted molar refractivity (Wildman–Crippen MR) is 138 cm³/mol. The lowest BCUT2D eigenvalue weighted by Crippen LogP contribution is -2.16. The molecule has 0 saturated carbocycles. The van der Waals surface area contributed by atoms with Crippen LogP contribution >= 0.6 is 11.3 Å². The normalized spacial score (nSPS) is 10.4. The number of nitrogens with one attached hydrogen (secondary N) is 1. The summed E-state index contributed by atoms with van der Waals surface area (Å²) in [6.07, 6.45) is 3.52. The Labute approximate surface area is 219 Å². The molecule has 3 heterocycles. The summed E-state index contributed by atoms with van der Waals surface area (Å²) < 4.78 is 26.9. The van der Waals surface area contributed by atoms with E-state index in [4.69, 9.17) is 29.5 Å². The smallest absolute Gasteiger partial charge is 0.379 e. The number of benzene rings is 1. The minimum Gasteiger partial charge on any atom is -0.512 e. The third kappa shape index (κ3) is 6.01. The van der Waals surface area contributed by atoms with Crippen molar-refractivity contribution in [3.63, 3.8) is 0 Å². The number of hydrogen-bond acceptors (Lipinski definition) is 13. The monoisotopic (exact) mass is 544 g/mol. The second kappa shape index (κ2) is 12.8. The standard InChI is InChI=1S/C20H18N6O6S.C3H6O2/c1-29-11-5-4-6-12(30-2)15(11)10-9-13(32-18(28)16(10)31-3)17(27)23-19-24-25-20(33-19)26-14(21)7-8-22-26;1-5-3-2-4/h4-9H,21H2,1-3H3,(H,23,24,27);2-4H,1H3/b;3-2-. The molecule has 0 aliphatic heterocycles. The van der Waals surface area contributed by atoms with Crippen LogP contribution in [0.15, 0.2) is 58.3 Å². The molecule has 0 radical (unpaired) electrons. The number of nitrogens with zero attached hydrogens (tertiary/aromatic N) is 4. The van der Waals surface area contributed by atoms with Crippen molar-refractivity contribution >= 4 is 28.2 Å². The number of hydrogen-bond donors (Lipinski definition) is 3. The number of nitrogens with two attached hydrogens (primary N) is 1. The van der Waals surface area contributed by atoms with E-state index in [-0.39, 0.29) is 22.2 Å². The van der Waals surface area contributed by atoms with Crippen molar-refractivity contribution in [3.05, 3.63) is 65.2 Å². The Morgan fingerprint density at radius 3 is 2.37 bits per heavy atom. The molecule has 0 spiro atoms. The lowest BCUT2D eigenvalue weighted by Gasteiger charge is -2.15. The van der Waals surface area contributed by atoms with Crippen LogP contribution < -0.4 is 30.9 Å². The molecular weight excluding hydrogens is 520 g/mol. The first-order valence-electron chi connectivity index (χ1n) is 10.6. The van der Waals surface area contributed by atoms with Gasteiger partial charge in [0, 0.05) is 11.6 Å². The molecule has 0 fully saturated rings. The number of aliphatic hydroxyl groups is 1. The largest absolute Gasteiger partial charge is 0.512 e. The first kappa shape index (κ1) is 27.5. The second-order valence-electron chi connectivity index (χ2n) is 6.92. The van der Waals surface area contributed by atoms with E-state index >= 15 is 0 Å². The minimum atomic E-state index is -0.852. The van der Waals surface area contributed by atoms with Gasteiger partial charge in [-0.05, 0) is 18.2 Å². The summed E-state index contributed by atoms with van der Waals surface area (Å²) in [5, 5.41) is 22.7. The number of anilines is 2. The van der Waals surface area contributed by atoms with Gasteiger partial charge in [0.25, 0.3) is 5.91 Å². The molecule has 14 nitrogen and oxygen atoms in total. The van der Waals surface area contributed by atoms with Crippen LogP contribution in [0, 0.1) is 0 Å². The Bertz CT molecular complexity index is 1460. The second-order valence-corrected chi connectivity index (χ2v) is 7.87. The Hall–Kier alpha value is -5.05. The summed E-state index contributed by atoms with van der Waals surface area (Å²) in [4.78, 5) is 25.5. The average Bonchev–Trinajstić information content (AvgIpc) is 3.56. The van der Waals surface area contributed by atoms with Crippen LogP contribution in [0.5, 0.6) is 17.2 Å². The quantitative estimate of drug-likeness (QED) is 0.276. The first-order valence-corrected chi connectivity index (χ1v) is 11.4. The fourth-order valence-electron chi connectivity index (χ4n) is 3.13. The van der Waals surface area contributed by atoms with Gasteiger partial charge in [-0.3, -0.25) is 10.1 Å². The number of nitrogen functional groups attached to an aromatic ring is 1. The molecule has 0 bridgehead atoms. The molecule has 4 N–H and O–H groups in total. The Kier molecular flexibility index (Phi) is 9.26. The summed E-state index contributed by atoms with van der Waals surface area (Å²) in [7, 11) is 5.74. The van der Waals surface area contributed by atoms with Crippen LogP contribution in [0.25, 0.3) is 16.3 Å². The van der Waals surface area contributed by atoms with Gasteiger partial charge >= 0.3 is 5.63 Å². The SMILES string of the molecule is CO/C=C\O.COc1cccc(OC)c1-c1cc(C(=O)Nc2nnc(-n3nccc3N)s2)oc(=O)c1OC. The van der Waals surface area contributed by atoms with E-state index < -0.39 is 11.5 Å². The van der Waals surface area contributed by atoms with Gasteiger partial charge in [-0.1, -0.05) is 17.4 Å². The molecule has 15 heteroatoms. The Morgan fingerprint density at radius 2 is 1.84 bits per heavy atom. The zero-order chi connectivity index (χ0) is 27.7. The first-order chi connectivity index (χ1) is 18.4. The van der Waals surface area contributed by atoms with E-state index in [2.05, 4.69) is 25.3 Å². The molecule has 3 aromatic heterocycles. The molecule has 0 aliphatic carbocycles. The van der Waals surface area contributed by atoms with Crippen LogP contribution in [0.1, 0.15) is 10.6 Å². The molecule has 200 valence electrons. The maximum Gasteiger partial charge on any atom is 0.379 e. The van der Waals surface area contributed by atoms with E-state index in [9.17, 15) is 9.59 Å². The number of methoxy groups -OCH3 is 4. The van der Waals surface area contributed by atoms with Gasteiger partial charge in [0.05, 0.1) is 40.2 Å². The van der Waals surface area contributed by atoms with Crippen molar-refractivity contribution in [1.29, 1.82) is 0 Å². The highest BCUT2D eigenvalue weighted by atomic mass is 32.1. The van der Waals surface area contributed by atoms with Gasteiger partial charge in [0.15, 0.2) is 5.76 Å². The molecule has 0 aliphatic rings. The highest BCUT2D eigenvalue weighted by Gasteiger charge is 2.24. The van der Waals surface area contributed by atoms with Crippen molar-refractivity contribution in [2.24, 2.45) is 0 Å². The molecule has 38 heavy (non-hydrogen) atoms. The van der Waals surface area contributed by atoms with Gasteiger partial charge in [-0.15, -0.1) is 10.2 Å². The molecule has 0 atom stereocenters. The summed E-state index contributed by atoms with van der Waals surface area (Å²) in [6, 6.07) is 8.07. The molecular formula is C23H24N6O8S. The molecule has 4 rings (SSSR count). The van der Waals surface area contributed by atoms with Crippen molar-refractivity contribution in [3.8, 4) is 33.5 Å². The van der Waals surface area contributed by atoms with Crippen molar-refractivity contribution in [2.75, 3.05) is 39.5 Å². The summed E-state index contributed by atoms with van der Waals surface area (Å²) in [5.74, 6) is 0.0766. The molecule has 4 aromatic rings. The van der Waals surface area contributed by atoms with Crippen molar-refractivity contribution < 1.29 is 33.3 Å². The molecule has 0 saturated heterocycles. The lowest BCUT2D eigenvalue weighted by molar-refractivity contribution is 0.0991. The number of carbonyl (C=O) groups excluding carboxylic acids is 1. The fourth-order valence-corrected chi connectivity index (χ4v) is 3.85. The van der Waals surface area contributed by atoms with Gasteiger partial charge < -0.3 is 34.2 Å². The topological polar surface area (TPSA) is 186 Å². The van der Waals surface area contributed by atoms with Gasteiger partial charge in [-0.2, -0.15) is 9.78 Å². The lowest BCUT2D eigenvalue weighted by atomic mass is 10.0. The van der Waals surface area contributed by atoms with Gasteiger partial charge in [0.1, 0.15) is 29.8 Å². The van der Waals surface area contributed by atoms with E-state index in [1.165, 1.54) is 51.6 Å². The molecule has 1 aromatic carbocycles. The number of aliphatic hydroxyl groups excluding tert-OH is 1. The zero-order valence-corrected chi connectivity index (χ0v) is 21.5. The van der Waals surface area contributed by atoms with Crippen LogP contribution in [0.2, 0.25) is 0 Å². The molecule has 0 unspecified atom stereocenters. The van der Waals surface area contributed by atoms with E-state index in [1.54, 1.807) is 24.3 Å². The average molecular weight is 545 g/mol. The highest BCUT2D eigenvalue weighted by molar-refractivity contribution is 7.17. The maximum absolute atomic E-state index is 12.9. The fraction of sp³-hybridized carbons (Fsp3) is 0.174. The zero-order valence-electron chi connectivity index (χ0n) is 20.7. The van der Waals surface area contributed by atoms with Gasteiger partial charge in [-0.25, -0.2) is 4.79 Å². The summed E-state index contributed by atoms with van der Waals surface area (Å²) >= 11 is 1.03. The number of amides is 1. The number of carbonyl (C=O) groups is 1. The van der Waals surface area contributed by atoms with Crippen molar-refractivity contribution in [2.45, 2.75) is 0 Å². The number of ether oxygens (including phenoxy) is 4. The third-order valence-electron chi connectivity index (χ3n) is 4.72. The number of aromatic nitrogens is 4. The Morgan fingerprint density at radius 1 is 1.13 bits per heavy atom. The predicted octanol–water partition coefficient (Wildman–Crippen LogP) is 2.87. The minimum absolute atomic E-state index is 0.110. The van der Waals surface area contributed by atoms with Crippen LogP contribution in [0.4, 0.5) is 10.9 Å². The van der Waals surface area contributed by atoms with E-state index in [0.717, 1.165) is 17.6 Å². The Balaban J connectivity index is 0.000000732. The maximum atomic E-state index is 12.9. The summed E-state index contributed by atoms with van der Waals surface area (Å²) in [5.41, 5.74) is 5.64. The van der Waals surface area contributed by atoms with E-state index in [1.807, 2.05) is 0 Å². The van der Waals surface area contributed by atoms with Crippen LogP contribution in [0.3, 0.4) is 0 Å². The molecule has 1 amide bonds. The van der Waals surface area contributed by atoms with Crippen molar-refractivity contribution in [1.82, 2.24) is 20.0 Å². The van der Waals surface area contributed by atoms with Crippen LogP contribution in [-0.4, -0.2) is 59.4 Å². The van der Waals surface area contributed by atoms with E-state index in [0.29, 0.717) is 28.0 Å². The van der Waals surface area contributed by atoms with Crippen LogP contribution in [-0.2, 0) is 4.74 Å². The summed E-state index contributed by atoms with van der Waals surface area (Å²) in [6.45, 7) is 0. The third-order valence-corrected chi connectivity index (χ3v) is 5.53. The van der Waals surface area contributed by atoms with Gasteiger partial charge in [0.2, 0.25) is 16.0 Å².